The third-order valence-corrected chi connectivity index (χ3v) is 18.3. The van der Waals surface area contributed by atoms with Crippen molar-refractivity contribution in [2.24, 2.45) is 0 Å². The van der Waals surface area contributed by atoms with Crippen LogP contribution in [-0.2, 0) is 52.6 Å². The zero-order chi connectivity index (χ0) is 54.6. The van der Waals surface area contributed by atoms with E-state index in [4.69, 9.17) is 18.8 Å². The molecule has 0 bridgehead atoms. The van der Waals surface area contributed by atoms with Crippen molar-refractivity contribution in [3.8, 4) is 22.5 Å². The first-order chi connectivity index (χ1) is 36.8. The van der Waals surface area contributed by atoms with Gasteiger partial charge in [-0.25, -0.2) is 0 Å². The molecule has 2 aliphatic carbocycles. The van der Waals surface area contributed by atoms with E-state index in [1.54, 1.807) is 0 Å². The summed E-state index contributed by atoms with van der Waals surface area (Å²) in [5.74, 6) is 0. The van der Waals surface area contributed by atoms with Gasteiger partial charge in [-0.15, -0.1) is 58.3 Å². The molecule has 1 radical (unpaired) electrons. The molecule has 4 aromatic heterocycles. The number of hydrogen-bond acceptors (Lipinski definition) is 4. The predicted octanol–water partition coefficient (Wildman–Crippen LogP) is 20.8. The molecule has 4 nitrogen and oxygen atoms in total. The minimum Gasteiger partial charge on any atom is -0.456 e. The number of furan rings is 2. The molecule has 0 fully saturated rings. The molecule has 5 heteroatoms. The van der Waals surface area contributed by atoms with Crippen molar-refractivity contribution < 1.29 is 28.9 Å². The Hall–Kier alpha value is -6.65. The summed E-state index contributed by atoms with van der Waals surface area (Å²) in [6, 6.07) is 51.7. The maximum absolute atomic E-state index is 6.59. The third kappa shape index (κ3) is 8.81. The first kappa shape index (κ1) is 53.0. The molecule has 0 amide bonds. The van der Waals surface area contributed by atoms with Gasteiger partial charge in [0.2, 0.25) is 0 Å². The molecule has 0 aliphatic heterocycles. The van der Waals surface area contributed by atoms with Gasteiger partial charge in [0, 0.05) is 65.4 Å². The Morgan fingerprint density at radius 2 is 0.709 bits per heavy atom. The molecule has 0 unspecified atom stereocenters. The molecule has 79 heavy (non-hydrogen) atoms. The van der Waals surface area contributed by atoms with Crippen molar-refractivity contribution in [1.82, 2.24) is 9.97 Å². The number of rotatable bonds is 2. The van der Waals surface area contributed by atoms with Gasteiger partial charge in [0.1, 0.15) is 22.3 Å². The van der Waals surface area contributed by atoms with E-state index < -0.39 is 0 Å². The van der Waals surface area contributed by atoms with Crippen LogP contribution in [0.2, 0.25) is 0 Å². The number of hydrogen-bond donors (Lipinski definition) is 0. The van der Waals surface area contributed by atoms with E-state index in [1.807, 2.05) is 12.4 Å². The van der Waals surface area contributed by atoms with Gasteiger partial charge < -0.3 is 8.83 Å². The van der Waals surface area contributed by atoms with Gasteiger partial charge in [0.25, 0.3) is 0 Å². The smallest absolute Gasteiger partial charge is 0.135 e. The van der Waals surface area contributed by atoms with Crippen LogP contribution in [0.15, 0.2) is 143 Å². The Bertz CT molecular complexity index is 4180. The molecular weight excluding hydrogens is 1140 g/mol. The molecule has 0 saturated carbocycles. The van der Waals surface area contributed by atoms with E-state index in [0.717, 1.165) is 66.4 Å². The molecule has 0 N–H and O–H groups in total. The van der Waals surface area contributed by atoms with Crippen LogP contribution in [0.1, 0.15) is 156 Å². The van der Waals surface area contributed by atoms with E-state index in [9.17, 15) is 0 Å². The van der Waals surface area contributed by atoms with Crippen molar-refractivity contribution in [3.63, 3.8) is 0 Å². The largest absolute Gasteiger partial charge is 0.456 e. The SMILES string of the molecule is CC(C)(C)c1cc(-c2nccc3cc4c(cc23)oc2cc3c(cc24)C(C)(C)CCC3(C)C)[c-]c2ccccc12.CC(C)(C)c1cc(-c2nccc3cc4c(cc23)oc2cc3c(cc24)C(C)(C)CCC3(C)C)[c-]c2ccccc12.[Ir]. The van der Waals surface area contributed by atoms with Gasteiger partial charge in [0.15, 0.2) is 0 Å². The van der Waals surface area contributed by atoms with Gasteiger partial charge in [-0.1, -0.05) is 155 Å². The topological polar surface area (TPSA) is 52.1 Å². The monoisotopic (exact) mass is 1210 g/mol. The fourth-order valence-corrected chi connectivity index (χ4v) is 13.4. The zero-order valence-electron chi connectivity index (χ0n) is 48.6. The number of fused-ring (bicyclic) bond motifs is 12. The van der Waals surface area contributed by atoms with Crippen LogP contribution >= 0.6 is 0 Å². The van der Waals surface area contributed by atoms with Gasteiger partial charge in [0.05, 0.1) is 0 Å². The van der Waals surface area contributed by atoms with Gasteiger partial charge in [-0.2, -0.15) is 0 Å². The Morgan fingerprint density at radius 3 is 1.08 bits per heavy atom. The van der Waals surface area contributed by atoms with E-state index in [1.165, 1.54) is 102 Å². The van der Waals surface area contributed by atoms with Crippen LogP contribution in [0.5, 0.6) is 0 Å². The first-order valence-corrected chi connectivity index (χ1v) is 28.4. The van der Waals surface area contributed by atoms with Crippen molar-refractivity contribution in [2.75, 3.05) is 0 Å². The molecule has 4 heterocycles. The fraction of sp³-hybridized carbons (Fsp3) is 0.324. The number of pyridine rings is 2. The maximum Gasteiger partial charge on any atom is 0.135 e. The van der Waals surface area contributed by atoms with Gasteiger partial charge in [-0.05, 0) is 163 Å². The molecule has 12 aromatic rings. The van der Waals surface area contributed by atoms with Crippen LogP contribution in [0.4, 0.5) is 0 Å². The number of benzene rings is 8. The van der Waals surface area contributed by atoms with Crippen molar-refractivity contribution in [1.29, 1.82) is 0 Å². The molecule has 0 spiro atoms. The van der Waals surface area contributed by atoms with Crippen molar-refractivity contribution in [3.05, 3.63) is 179 Å². The van der Waals surface area contributed by atoms with E-state index in [-0.39, 0.29) is 52.6 Å². The summed E-state index contributed by atoms with van der Waals surface area (Å²) in [4.78, 5) is 9.79. The normalized spacial score (nSPS) is 16.6. The molecule has 0 saturated heterocycles. The second-order valence-corrected chi connectivity index (χ2v) is 27.8. The quantitative estimate of drug-likeness (QED) is 0.162. The summed E-state index contributed by atoms with van der Waals surface area (Å²) in [7, 11) is 0. The molecule has 14 rings (SSSR count). The van der Waals surface area contributed by atoms with Crippen LogP contribution in [-0.4, -0.2) is 9.97 Å². The summed E-state index contributed by atoms with van der Waals surface area (Å²) in [5.41, 5.74) is 16.8. The fourth-order valence-electron chi connectivity index (χ4n) is 13.4. The second-order valence-electron chi connectivity index (χ2n) is 27.8. The average molecular weight is 1210 g/mol. The van der Waals surface area contributed by atoms with Crippen LogP contribution in [0, 0.1) is 12.1 Å². The zero-order valence-corrected chi connectivity index (χ0v) is 51.0. The number of aromatic nitrogens is 2. The first-order valence-electron chi connectivity index (χ1n) is 28.4. The van der Waals surface area contributed by atoms with E-state index in [2.05, 4.69) is 230 Å². The Morgan fingerprint density at radius 1 is 0.380 bits per heavy atom. The van der Waals surface area contributed by atoms with Crippen LogP contribution < -0.4 is 0 Å². The van der Waals surface area contributed by atoms with Crippen molar-refractivity contribution in [2.45, 2.75) is 155 Å². The molecule has 0 atom stereocenters. The summed E-state index contributed by atoms with van der Waals surface area (Å²) in [6.45, 7) is 32.6. The van der Waals surface area contributed by atoms with Gasteiger partial charge in [-0.3, -0.25) is 9.97 Å². The summed E-state index contributed by atoms with van der Waals surface area (Å²) in [5, 5.41) is 14.1. The summed E-state index contributed by atoms with van der Waals surface area (Å²) < 4.78 is 13.2. The molecule has 2 aliphatic rings. The average Bonchev–Trinajstić information content (AvgIpc) is 4.22. The van der Waals surface area contributed by atoms with E-state index >= 15 is 0 Å². The standard InChI is InChI=1S/2C37H36NO.Ir/c2*1-35(2,3)29-18-24(16-22-10-8-9-11-25(22)29)34-26-20-32-27(17-23(26)12-15-38-34)28-19-30-31(21-33(28)39-32)37(6,7)14-13-36(30,4)5;/h2*8-12,15,17-21H,13-14H2,1-7H3;/q2*-1;. The van der Waals surface area contributed by atoms with Gasteiger partial charge >= 0.3 is 0 Å². The molecular formula is C74H72IrN2O2-2. The molecule has 8 aromatic carbocycles. The van der Waals surface area contributed by atoms with Crippen LogP contribution in [0.3, 0.4) is 0 Å². The van der Waals surface area contributed by atoms with Crippen molar-refractivity contribution >= 4 is 87.0 Å². The predicted molar refractivity (Wildman–Crippen MR) is 330 cm³/mol. The minimum absolute atomic E-state index is 0. The molecule has 401 valence electrons. The third-order valence-electron chi connectivity index (χ3n) is 18.3. The Kier molecular flexibility index (Phi) is 12.2. The minimum atomic E-state index is 0. The summed E-state index contributed by atoms with van der Waals surface area (Å²) in [6.07, 6.45) is 8.64. The van der Waals surface area contributed by atoms with E-state index in [0.29, 0.717) is 0 Å². The number of nitrogens with zero attached hydrogens (tertiary/aromatic N) is 2. The maximum atomic E-state index is 6.59. The Labute approximate surface area is 479 Å². The Balaban J connectivity index is 0.000000156. The summed E-state index contributed by atoms with van der Waals surface area (Å²) >= 11 is 0. The second kappa shape index (κ2) is 18.2. The van der Waals surface area contributed by atoms with Crippen LogP contribution in [0.25, 0.3) is 109 Å².